The lowest BCUT2D eigenvalue weighted by Gasteiger charge is -2.36. The van der Waals surface area contributed by atoms with Crippen LogP contribution >= 0.6 is 15.9 Å². The first-order chi connectivity index (χ1) is 9.71. The molecule has 1 aliphatic rings. The highest BCUT2D eigenvalue weighted by Gasteiger charge is 2.27. The minimum absolute atomic E-state index is 0.134. The van der Waals surface area contributed by atoms with E-state index < -0.39 is 0 Å². The Bertz CT molecular complexity index is 454. The monoisotopic (exact) mass is 341 g/mol. The molecule has 0 atom stereocenters. The molecule has 4 nitrogen and oxygen atoms in total. The van der Waals surface area contributed by atoms with E-state index in [1.807, 2.05) is 18.2 Å². The van der Waals surface area contributed by atoms with Crippen molar-refractivity contribution in [2.75, 3.05) is 32.2 Å². The Morgan fingerprint density at radius 3 is 2.50 bits per heavy atom. The molecule has 0 saturated carbocycles. The van der Waals surface area contributed by atoms with Gasteiger partial charge in [0.25, 0.3) is 0 Å². The zero-order chi connectivity index (χ0) is 14.5. The Balaban J connectivity index is 2.08. The Hall–Kier alpha value is -0.910. The van der Waals surface area contributed by atoms with E-state index in [1.54, 1.807) is 14.2 Å². The number of carbonyl (C=O) groups is 1. The highest BCUT2D eigenvalue weighted by Crippen LogP contribution is 2.31. The first kappa shape index (κ1) is 15.5. The van der Waals surface area contributed by atoms with Crippen molar-refractivity contribution in [2.24, 2.45) is 5.92 Å². The number of rotatable bonds is 5. The molecule has 0 bridgehead atoms. The fourth-order valence-electron chi connectivity index (χ4n) is 2.81. The molecule has 1 aliphatic heterocycles. The van der Waals surface area contributed by atoms with Gasteiger partial charge in [-0.15, -0.1) is 0 Å². The molecule has 0 amide bonds. The molecule has 1 aromatic carbocycles. The molecule has 1 aromatic rings. The summed E-state index contributed by atoms with van der Waals surface area (Å²) in [7, 11) is 3.36. The lowest BCUT2D eigenvalue weighted by molar-refractivity contribution is -0.141. The van der Waals surface area contributed by atoms with Crippen LogP contribution in [0.2, 0.25) is 0 Å². The average Bonchev–Trinajstić information content (AvgIpc) is 2.49. The molecule has 0 aromatic heterocycles. The molecular formula is C15H20BrNO3. The highest BCUT2D eigenvalue weighted by atomic mass is 79.9. The van der Waals surface area contributed by atoms with Gasteiger partial charge >= 0.3 is 0 Å². The molecule has 0 spiro atoms. The van der Waals surface area contributed by atoms with Crippen LogP contribution in [0.5, 0.6) is 0 Å². The Labute approximate surface area is 128 Å². The third-order valence-electron chi connectivity index (χ3n) is 3.88. The normalized spacial score (nSPS) is 16.7. The first-order valence-electron chi connectivity index (χ1n) is 6.75. The number of carbonyl (C=O) groups excluding carboxylic acids is 1. The molecule has 0 radical (unpaired) electrons. The minimum atomic E-state index is -0.134. The van der Waals surface area contributed by atoms with Gasteiger partial charge in [0, 0.05) is 43.4 Å². The van der Waals surface area contributed by atoms with Crippen molar-refractivity contribution >= 4 is 27.9 Å². The molecule has 20 heavy (non-hydrogen) atoms. The van der Waals surface area contributed by atoms with Crippen LogP contribution in [0.15, 0.2) is 22.7 Å². The predicted octanol–water partition coefficient (Wildman–Crippen LogP) is 3.10. The van der Waals surface area contributed by atoms with E-state index in [1.165, 1.54) is 0 Å². The maximum absolute atomic E-state index is 11.3. The Morgan fingerprint density at radius 2 is 1.95 bits per heavy atom. The molecular weight excluding hydrogens is 322 g/mol. The number of nitrogens with zero attached hydrogens (tertiary/aromatic N) is 1. The summed E-state index contributed by atoms with van der Waals surface area (Å²) < 4.78 is 11.5. The number of hydrogen-bond acceptors (Lipinski definition) is 4. The van der Waals surface area contributed by atoms with Crippen LogP contribution in [0.3, 0.4) is 0 Å². The summed E-state index contributed by atoms with van der Waals surface area (Å²) in [5.41, 5.74) is 1.72. The SMILES string of the molecule is COC(OC)C1CCN(c2cccc(Br)c2C=O)CC1. The van der Waals surface area contributed by atoms with E-state index >= 15 is 0 Å². The zero-order valence-corrected chi connectivity index (χ0v) is 13.4. The standard InChI is InChI=1S/C15H20BrNO3/c1-19-15(20-2)11-6-8-17(9-7-11)14-5-3-4-13(16)12(14)10-18/h3-5,10-11,15H,6-9H2,1-2H3. The largest absolute Gasteiger partial charge is 0.371 e. The van der Waals surface area contributed by atoms with E-state index in [0.717, 1.165) is 47.9 Å². The molecule has 1 saturated heterocycles. The summed E-state index contributed by atoms with van der Waals surface area (Å²) in [6.45, 7) is 1.82. The summed E-state index contributed by atoms with van der Waals surface area (Å²) in [6.07, 6.45) is 2.78. The molecule has 0 N–H and O–H groups in total. The zero-order valence-electron chi connectivity index (χ0n) is 11.8. The van der Waals surface area contributed by atoms with Crippen LogP contribution < -0.4 is 4.90 Å². The summed E-state index contributed by atoms with van der Waals surface area (Å²) >= 11 is 3.43. The summed E-state index contributed by atoms with van der Waals surface area (Å²) in [4.78, 5) is 13.5. The van der Waals surface area contributed by atoms with Crippen molar-refractivity contribution in [2.45, 2.75) is 19.1 Å². The van der Waals surface area contributed by atoms with Gasteiger partial charge in [0.15, 0.2) is 12.6 Å². The van der Waals surface area contributed by atoms with E-state index in [2.05, 4.69) is 20.8 Å². The lowest BCUT2D eigenvalue weighted by Crippen LogP contribution is -2.39. The number of methoxy groups -OCH3 is 2. The Kier molecular flexibility index (Phi) is 5.57. The fourth-order valence-corrected chi connectivity index (χ4v) is 3.26. The third-order valence-corrected chi connectivity index (χ3v) is 4.57. The number of aldehydes is 1. The van der Waals surface area contributed by atoms with Crippen LogP contribution in [0.1, 0.15) is 23.2 Å². The van der Waals surface area contributed by atoms with Crippen molar-refractivity contribution in [1.29, 1.82) is 0 Å². The first-order valence-corrected chi connectivity index (χ1v) is 7.54. The van der Waals surface area contributed by atoms with Crippen LogP contribution in [-0.2, 0) is 9.47 Å². The maximum Gasteiger partial charge on any atom is 0.159 e. The van der Waals surface area contributed by atoms with E-state index in [9.17, 15) is 4.79 Å². The summed E-state index contributed by atoms with van der Waals surface area (Å²) in [5.74, 6) is 0.410. The average molecular weight is 342 g/mol. The van der Waals surface area contributed by atoms with Crippen LogP contribution in [0.25, 0.3) is 0 Å². The topological polar surface area (TPSA) is 38.8 Å². The van der Waals surface area contributed by atoms with E-state index in [4.69, 9.17) is 9.47 Å². The number of halogens is 1. The summed E-state index contributed by atoms with van der Waals surface area (Å²) in [5, 5.41) is 0. The molecule has 5 heteroatoms. The van der Waals surface area contributed by atoms with Gasteiger partial charge in [0.2, 0.25) is 0 Å². The predicted molar refractivity (Wildman–Crippen MR) is 82.3 cm³/mol. The van der Waals surface area contributed by atoms with Crippen LogP contribution in [-0.4, -0.2) is 39.9 Å². The molecule has 1 heterocycles. The third kappa shape index (κ3) is 3.22. The number of piperidine rings is 1. The fraction of sp³-hybridized carbons (Fsp3) is 0.533. The second-order valence-electron chi connectivity index (χ2n) is 4.95. The summed E-state index contributed by atoms with van der Waals surface area (Å²) in [6, 6.07) is 5.86. The number of ether oxygens (including phenoxy) is 2. The van der Waals surface area contributed by atoms with Gasteiger partial charge in [-0.1, -0.05) is 6.07 Å². The van der Waals surface area contributed by atoms with Gasteiger partial charge in [-0.05, 0) is 40.9 Å². The van der Waals surface area contributed by atoms with E-state index in [0.29, 0.717) is 5.92 Å². The van der Waals surface area contributed by atoms with Crippen molar-refractivity contribution in [1.82, 2.24) is 0 Å². The quantitative estimate of drug-likeness (QED) is 0.609. The van der Waals surface area contributed by atoms with Gasteiger partial charge in [0.1, 0.15) is 0 Å². The molecule has 1 fully saturated rings. The van der Waals surface area contributed by atoms with Crippen molar-refractivity contribution < 1.29 is 14.3 Å². The second-order valence-corrected chi connectivity index (χ2v) is 5.81. The van der Waals surface area contributed by atoms with Crippen LogP contribution in [0.4, 0.5) is 5.69 Å². The van der Waals surface area contributed by atoms with Gasteiger partial charge in [-0.3, -0.25) is 4.79 Å². The highest BCUT2D eigenvalue weighted by molar-refractivity contribution is 9.10. The Morgan fingerprint density at radius 1 is 1.30 bits per heavy atom. The van der Waals surface area contributed by atoms with E-state index in [-0.39, 0.29) is 6.29 Å². The number of benzene rings is 1. The second kappa shape index (κ2) is 7.20. The van der Waals surface area contributed by atoms with Crippen molar-refractivity contribution in [3.05, 3.63) is 28.2 Å². The van der Waals surface area contributed by atoms with Gasteiger partial charge in [-0.2, -0.15) is 0 Å². The molecule has 2 rings (SSSR count). The minimum Gasteiger partial charge on any atom is -0.371 e. The van der Waals surface area contributed by atoms with Gasteiger partial charge in [-0.25, -0.2) is 0 Å². The molecule has 0 unspecified atom stereocenters. The molecule has 0 aliphatic carbocycles. The van der Waals surface area contributed by atoms with Crippen molar-refractivity contribution in [3.63, 3.8) is 0 Å². The van der Waals surface area contributed by atoms with Gasteiger partial charge < -0.3 is 14.4 Å². The number of anilines is 1. The van der Waals surface area contributed by atoms with Crippen molar-refractivity contribution in [3.8, 4) is 0 Å². The number of hydrogen-bond donors (Lipinski definition) is 0. The maximum atomic E-state index is 11.3. The smallest absolute Gasteiger partial charge is 0.159 e. The van der Waals surface area contributed by atoms with Gasteiger partial charge in [0.05, 0.1) is 5.56 Å². The lowest BCUT2D eigenvalue weighted by atomic mass is 9.95. The molecule has 110 valence electrons. The van der Waals surface area contributed by atoms with Crippen LogP contribution in [0, 0.1) is 5.92 Å².